The number of hydrogen-bond acceptors (Lipinski definition) is 5. The number of nitrogens with one attached hydrogen (secondary N) is 1. The molecule has 9 heteroatoms. The molecule has 3 N–H and O–H groups in total. The van der Waals surface area contributed by atoms with Gasteiger partial charge < -0.3 is 19.8 Å². The maximum atomic E-state index is 12.9. The molecule has 0 aromatic carbocycles. The number of phosphoric acid groups is 1. The highest BCUT2D eigenvalue weighted by Crippen LogP contribution is 2.43. The van der Waals surface area contributed by atoms with E-state index in [9.17, 15) is 19.4 Å². The second-order valence-electron chi connectivity index (χ2n) is 16.8. The molecule has 0 rings (SSSR count). The van der Waals surface area contributed by atoms with Gasteiger partial charge in [0.15, 0.2) is 0 Å². The summed E-state index contributed by atoms with van der Waals surface area (Å²) in [4.78, 5) is 23.2. The van der Waals surface area contributed by atoms with Crippen molar-refractivity contribution in [3.05, 3.63) is 36.5 Å². The molecule has 0 aromatic rings. The lowest BCUT2D eigenvalue weighted by atomic mass is 10.0. The van der Waals surface area contributed by atoms with Crippen LogP contribution in [0.25, 0.3) is 0 Å². The van der Waals surface area contributed by atoms with Crippen LogP contribution >= 0.6 is 7.82 Å². The smallest absolute Gasteiger partial charge is 0.391 e. The Hall–Kier alpha value is -1.28. The van der Waals surface area contributed by atoms with Gasteiger partial charge in [-0.05, 0) is 51.4 Å². The van der Waals surface area contributed by atoms with Gasteiger partial charge in [-0.25, -0.2) is 4.57 Å². The van der Waals surface area contributed by atoms with E-state index in [1.165, 1.54) is 109 Å². The first kappa shape index (κ1) is 53.7. The molecule has 0 radical (unpaired) electrons. The molecule has 0 saturated carbocycles. The topological polar surface area (TPSA) is 105 Å². The minimum Gasteiger partial charge on any atom is -0.391 e. The van der Waals surface area contributed by atoms with Crippen molar-refractivity contribution in [1.82, 2.24) is 5.32 Å². The van der Waals surface area contributed by atoms with E-state index in [1.807, 2.05) is 21.1 Å². The molecule has 1 amide bonds. The van der Waals surface area contributed by atoms with Crippen molar-refractivity contribution < 1.29 is 32.9 Å². The summed E-state index contributed by atoms with van der Waals surface area (Å²) in [5.74, 6) is -0.158. The quantitative estimate of drug-likeness (QED) is 0.0246. The molecule has 0 saturated heterocycles. The molecule has 0 aliphatic carbocycles. The number of aliphatic hydroxyl groups is 1. The van der Waals surface area contributed by atoms with Crippen molar-refractivity contribution in [2.45, 2.75) is 212 Å². The Labute approximate surface area is 340 Å². The van der Waals surface area contributed by atoms with Crippen LogP contribution in [0.4, 0.5) is 0 Å². The predicted octanol–water partition coefficient (Wildman–Crippen LogP) is 12.7. The van der Waals surface area contributed by atoms with Gasteiger partial charge in [-0.15, -0.1) is 0 Å². The molecular weight excluding hydrogens is 707 g/mol. The number of allylic oxidation sites excluding steroid dienone is 6. The summed E-state index contributed by atoms with van der Waals surface area (Å²) in [5, 5.41) is 14.0. The number of amides is 1. The number of aliphatic hydroxyl groups excluding tert-OH is 1. The fourth-order valence-electron chi connectivity index (χ4n) is 6.46. The first-order valence-electron chi connectivity index (χ1n) is 22.9. The van der Waals surface area contributed by atoms with Gasteiger partial charge in [0.2, 0.25) is 5.91 Å². The predicted molar refractivity (Wildman–Crippen MR) is 235 cm³/mol. The van der Waals surface area contributed by atoms with Crippen LogP contribution < -0.4 is 5.32 Å². The van der Waals surface area contributed by atoms with E-state index in [1.54, 1.807) is 0 Å². The third kappa shape index (κ3) is 40.7. The second-order valence-corrected chi connectivity index (χ2v) is 18.2. The SMILES string of the molecule is CCCCC/C=C\C/C=C\C/C=C\CCCCCCCCC(=O)NC(COP(=O)(O)OCC[N+](C)(C)C)C(O)CCCCCCCCCCCCCCCC. The maximum Gasteiger partial charge on any atom is 0.472 e. The van der Waals surface area contributed by atoms with Gasteiger partial charge in [0.1, 0.15) is 13.2 Å². The fraction of sp³-hybridized carbons (Fsp3) is 0.848. The zero-order chi connectivity index (χ0) is 40.7. The minimum absolute atomic E-state index is 0.0712. The van der Waals surface area contributed by atoms with Crippen molar-refractivity contribution in [3.8, 4) is 0 Å². The molecule has 8 nitrogen and oxygen atoms in total. The Kier molecular flexibility index (Phi) is 37.4. The van der Waals surface area contributed by atoms with E-state index < -0.39 is 20.0 Å². The van der Waals surface area contributed by atoms with Crippen LogP contribution in [0.1, 0.15) is 200 Å². The van der Waals surface area contributed by atoms with Crippen molar-refractivity contribution in [3.63, 3.8) is 0 Å². The normalized spacial score (nSPS) is 14.7. The number of phosphoric ester groups is 1. The van der Waals surface area contributed by atoms with Crippen LogP contribution in [0.15, 0.2) is 36.5 Å². The largest absolute Gasteiger partial charge is 0.472 e. The summed E-state index contributed by atoms with van der Waals surface area (Å²) in [5.41, 5.74) is 0. The number of carbonyl (C=O) groups excluding carboxylic acids is 1. The van der Waals surface area contributed by atoms with Crippen LogP contribution in [-0.4, -0.2) is 73.4 Å². The van der Waals surface area contributed by atoms with Gasteiger partial charge in [0, 0.05) is 6.42 Å². The van der Waals surface area contributed by atoms with Gasteiger partial charge in [0.05, 0.1) is 39.9 Å². The third-order valence-electron chi connectivity index (χ3n) is 10.1. The Morgan fingerprint density at radius 3 is 1.55 bits per heavy atom. The van der Waals surface area contributed by atoms with E-state index in [0.717, 1.165) is 64.2 Å². The van der Waals surface area contributed by atoms with Gasteiger partial charge in [-0.2, -0.15) is 0 Å². The summed E-state index contributed by atoms with van der Waals surface area (Å²) in [6.45, 7) is 4.85. The van der Waals surface area contributed by atoms with Crippen molar-refractivity contribution >= 4 is 13.7 Å². The van der Waals surface area contributed by atoms with Crippen molar-refractivity contribution in [1.29, 1.82) is 0 Å². The molecule has 0 fully saturated rings. The lowest BCUT2D eigenvalue weighted by molar-refractivity contribution is -0.870. The number of likely N-dealkylation sites (N-methyl/N-ethyl adjacent to an activating group) is 1. The monoisotopic (exact) mass is 798 g/mol. The Balaban J connectivity index is 4.37. The molecule has 324 valence electrons. The summed E-state index contributed by atoms with van der Waals surface area (Å²) in [7, 11) is 1.60. The summed E-state index contributed by atoms with van der Waals surface area (Å²) in [6, 6.07) is -0.766. The number of quaternary nitrogens is 1. The van der Waals surface area contributed by atoms with Gasteiger partial charge in [-0.1, -0.05) is 179 Å². The molecule has 0 aromatic heterocycles. The molecule has 55 heavy (non-hydrogen) atoms. The van der Waals surface area contributed by atoms with Crippen molar-refractivity contribution in [2.24, 2.45) is 0 Å². The van der Waals surface area contributed by atoms with E-state index in [0.29, 0.717) is 23.9 Å². The molecule has 0 spiro atoms. The van der Waals surface area contributed by atoms with E-state index in [2.05, 4.69) is 55.6 Å². The standard InChI is InChI=1S/C46H89N2O6P/c1-6-8-10-12-14-16-18-20-22-23-24-25-26-28-30-32-34-36-38-40-46(50)47-44(43-54-55(51,52)53-42-41-48(3,4)5)45(49)39-37-35-33-31-29-27-21-19-17-15-13-11-9-7-2/h14,16,20,22,24-25,44-45,49H,6-13,15,17-19,21,23,26-43H2,1-5H3,(H-,47,50,51,52)/p+1/b16-14-,22-20-,25-24-. The first-order chi connectivity index (χ1) is 26.5. The summed E-state index contributed by atoms with van der Waals surface area (Å²) in [6.07, 6.45) is 45.9. The highest BCUT2D eigenvalue weighted by molar-refractivity contribution is 7.47. The molecule has 0 aliphatic rings. The first-order valence-corrected chi connectivity index (χ1v) is 24.3. The molecule has 0 aliphatic heterocycles. The Morgan fingerprint density at radius 1 is 0.618 bits per heavy atom. The van der Waals surface area contributed by atoms with Crippen LogP contribution in [-0.2, 0) is 18.4 Å². The van der Waals surface area contributed by atoms with E-state index >= 15 is 0 Å². The van der Waals surface area contributed by atoms with Gasteiger partial charge in [-0.3, -0.25) is 13.8 Å². The lowest BCUT2D eigenvalue weighted by Crippen LogP contribution is -2.46. The summed E-state index contributed by atoms with van der Waals surface area (Å²) < 4.78 is 23.6. The highest BCUT2D eigenvalue weighted by Gasteiger charge is 2.28. The number of nitrogens with zero attached hydrogens (tertiary/aromatic N) is 1. The molecular formula is C46H90N2O6P+. The zero-order valence-electron chi connectivity index (χ0n) is 36.7. The molecule has 0 bridgehead atoms. The lowest BCUT2D eigenvalue weighted by Gasteiger charge is -2.26. The fourth-order valence-corrected chi connectivity index (χ4v) is 7.20. The molecule has 3 atom stereocenters. The Bertz CT molecular complexity index is 995. The Morgan fingerprint density at radius 2 is 1.04 bits per heavy atom. The number of unbranched alkanes of at least 4 members (excludes halogenated alkanes) is 22. The minimum atomic E-state index is -4.32. The van der Waals surface area contributed by atoms with Gasteiger partial charge in [0.25, 0.3) is 0 Å². The van der Waals surface area contributed by atoms with Crippen molar-refractivity contribution in [2.75, 3.05) is 40.9 Å². The highest BCUT2D eigenvalue weighted by atomic mass is 31.2. The molecule has 3 unspecified atom stereocenters. The van der Waals surface area contributed by atoms with Crippen LogP contribution in [0.2, 0.25) is 0 Å². The van der Waals surface area contributed by atoms with Crippen LogP contribution in [0, 0.1) is 0 Å². The zero-order valence-corrected chi connectivity index (χ0v) is 37.6. The average molecular weight is 798 g/mol. The number of carbonyl (C=O) groups is 1. The van der Waals surface area contributed by atoms with E-state index in [-0.39, 0.29) is 19.1 Å². The average Bonchev–Trinajstić information content (AvgIpc) is 3.13. The molecule has 0 heterocycles. The van der Waals surface area contributed by atoms with Crippen LogP contribution in [0.5, 0.6) is 0 Å². The maximum absolute atomic E-state index is 12.9. The summed E-state index contributed by atoms with van der Waals surface area (Å²) >= 11 is 0. The third-order valence-corrected chi connectivity index (χ3v) is 11.1. The van der Waals surface area contributed by atoms with Gasteiger partial charge >= 0.3 is 7.82 Å². The second kappa shape index (κ2) is 38.2. The van der Waals surface area contributed by atoms with E-state index in [4.69, 9.17) is 9.05 Å². The van der Waals surface area contributed by atoms with Crippen LogP contribution in [0.3, 0.4) is 0 Å². The number of hydrogen-bond donors (Lipinski definition) is 3. The number of rotatable bonds is 41.